The summed E-state index contributed by atoms with van der Waals surface area (Å²) in [7, 11) is -3.46. The fraction of sp³-hybridized carbons (Fsp3) is 0.125. The molecule has 0 fully saturated rings. The molecule has 0 aliphatic rings. The Morgan fingerprint density at radius 2 is 1.55 bits per heavy atom. The molecule has 0 heterocycles. The molecule has 0 atom stereocenters. The molecule has 0 amide bonds. The van der Waals surface area contributed by atoms with Gasteiger partial charge in [-0.1, -0.05) is 24.1 Å². The van der Waals surface area contributed by atoms with E-state index in [-0.39, 0.29) is 9.79 Å². The van der Waals surface area contributed by atoms with Crippen LogP contribution in [0.1, 0.15) is 6.92 Å². The van der Waals surface area contributed by atoms with Crippen molar-refractivity contribution in [2.24, 2.45) is 0 Å². The standard InChI is InChI=1S/C16H14O3S/c1-2-3-13-19-14-9-11-16(12-10-14)20(17,18)15-7-5-4-6-8-15/h4-12H,13H2,1H3. The van der Waals surface area contributed by atoms with E-state index in [4.69, 9.17) is 4.74 Å². The lowest BCUT2D eigenvalue weighted by Crippen LogP contribution is -2.02. The Balaban J connectivity index is 2.23. The fourth-order valence-electron chi connectivity index (χ4n) is 1.64. The Labute approximate surface area is 119 Å². The van der Waals surface area contributed by atoms with Gasteiger partial charge in [-0.2, -0.15) is 0 Å². The van der Waals surface area contributed by atoms with E-state index in [9.17, 15) is 8.42 Å². The number of hydrogen-bond acceptors (Lipinski definition) is 3. The third-order valence-electron chi connectivity index (χ3n) is 2.68. The van der Waals surface area contributed by atoms with Crippen molar-refractivity contribution in [2.75, 3.05) is 6.61 Å². The number of ether oxygens (including phenoxy) is 1. The van der Waals surface area contributed by atoms with Crippen LogP contribution >= 0.6 is 0 Å². The van der Waals surface area contributed by atoms with Gasteiger partial charge in [0.1, 0.15) is 12.4 Å². The van der Waals surface area contributed by atoms with Crippen LogP contribution in [-0.4, -0.2) is 15.0 Å². The first kappa shape index (κ1) is 14.2. The SMILES string of the molecule is CC#CCOc1ccc(S(=O)(=O)c2ccccc2)cc1. The summed E-state index contributed by atoms with van der Waals surface area (Å²) in [6.45, 7) is 2.03. The van der Waals surface area contributed by atoms with E-state index in [0.717, 1.165) is 0 Å². The molecule has 20 heavy (non-hydrogen) atoms. The van der Waals surface area contributed by atoms with Gasteiger partial charge in [-0.3, -0.25) is 0 Å². The highest BCUT2D eigenvalue weighted by molar-refractivity contribution is 7.91. The maximum atomic E-state index is 12.3. The van der Waals surface area contributed by atoms with Gasteiger partial charge in [0.15, 0.2) is 0 Å². The van der Waals surface area contributed by atoms with Gasteiger partial charge < -0.3 is 4.74 Å². The maximum absolute atomic E-state index is 12.3. The van der Waals surface area contributed by atoms with Crippen LogP contribution < -0.4 is 4.74 Å². The molecule has 0 aliphatic carbocycles. The molecule has 0 bridgehead atoms. The molecular formula is C16H14O3S. The van der Waals surface area contributed by atoms with Gasteiger partial charge in [-0.15, -0.1) is 5.92 Å². The van der Waals surface area contributed by atoms with Crippen molar-refractivity contribution in [1.82, 2.24) is 0 Å². The predicted molar refractivity (Wildman–Crippen MR) is 77.3 cm³/mol. The minimum Gasteiger partial charge on any atom is -0.481 e. The molecule has 4 heteroatoms. The first-order chi connectivity index (χ1) is 9.64. The summed E-state index contributed by atoms with van der Waals surface area (Å²) >= 11 is 0. The van der Waals surface area contributed by atoms with Gasteiger partial charge in [-0.25, -0.2) is 8.42 Å². The number of hydrogen-bond donors (Lipinski definition) is 0. The fourth-order valence-corrected chi connectivity index (χ4v) is 2.92. The van der Waals surface area contributed by atoms with Crippen molar-refractivity contribution >= 4 is 9.84 Å². The highest BCUT2D eigenvalue weighted by Gasteiger charge is 2.16. The second kappa shape index (κ2) is 6.27. The predicted octanol–water partition coefficient (Wildman–Crippen LogP) is 2.92. The summed E-state index contributed by atoms with van der Waals surface area (Å²) in [6, 6.07) is 14.7. The average Bonchev–Trinajstić information content (AvgIpc) is 2.49. The number of sulfone groups is 1. The Morgan fingerprint density at radius 3 is 2.15 bits per heavy atom. The lowest BCUT2D eigenvalue weighted by molar-refractivity contribution is 0.370. The first-order valence-electron chi connectivity index (χ1n) is 6.07. The van der Waals surface area contributed by atoms with Crippen molar-refractivity contribution in [3.63, 3.8) is 0 Å². The molecule has 2 rings (SSSR count). The number of benzene rings is 2. The van der Waals surface area contributed by atoms with Gasteiger partial charge in [-0.05, 0) is 43.3 Å². The topological polar surface area (TPSA) is 43.4 Å². The molecule has 102 valence electrons. The van der Waals surface area contributed by atoms with E-state index >= 15 is 0 Å². The summed E-state index contributed by atoms with van der Waals surface area (Å²) in [5.41, 5.74) is 0. The summed E-state index contributed by atoms with van der Waals surface area (Å²) in [5, 5.41) is 0. The highest BCUT2D eigenvalue weighted by Crippen LogP contribution is 2.22. The van der Waals surface area contributed by atoms with Crippen LogP contribution in [0.3, 0.4) is 0 Å². The zero-order chi connectivity index (χ0) is 14.4. The van der Waals surface area contributed by atoms with E-state index in [1.165, 1.54) is 12.1 Å². The molecule has 0 unspecified atom stereocenters. The minimum atomic E-state index is -3.46. The number of rotatable bonds is 4. The van der Waals surface area contributed by atoms with Crippen molar-refractivity contribution < 1.29 is 13.2 Å². The highest BCUT2D eigenvalue weighted by atomic mass is 32.2. The molecule has 0 spiro atoms. The molecule has 0 aromatic heterocycles. The van der Waals surface area contributed by atoms with E-state index in [2.05, 4.69) is 11.8 Å². The molecule has 2 aromatic carbocycles. The van der Waals surface area contributed by atoms with Crippen molar-refractivity contribution in [3.8, 4) is 17.6 Å². The Morgan fingerprint density at radius 1 is 0.950 bits per heavy atom. The van der Waals surface area contributed by atoms with E-state index in [1.54, 1.807) is 49.4 Å². The quantitative estimate of drug-likeness (QED) is 0.812. The van der Waals surface area contributed by atoms with Gasteiger partial charge in [0, 0.05) is 0 Å². The smallest absolute Gasteiger partial charge is 0.206 e. The van der Waals surface area contributed by atoms with Crippen LogP contribution in [0, 0.1) is 11.8 Å². The Kier molecular flexibility index (Phi) is 4.44. The Bertz CT molecular complexity index is 721. The normalized spacial score (nSPS) is 10.4. The summed E-state index contributed by atoms with van der Waals surface area (Å²) in [6.07, 6.45) is 0. The third kappa shape index (κ3) is 3.19. The van der Waals surface area contributed by atoms with Gasteiger partial charge in [0.05, 0.1) is 9.79 Å². The van der Waals surface area contributed by atoms with Crippen LogP contribution in [-0.2, 0) is 9.84 Å². The second-order valence-corrected chi connectivity index (χ2v) is 5.95. The maximum Gasteiger partial charge on any atom is 0.206 e. The molecule has 3 nitrogen and oxygen atoms in total. The van der Waals surface area contributed by atoms with Crippen molar-refractivity contribution in [3.05, 3.63) is 54.6 Å². The van der Waals surface area contributed by atoms with Crippen LogP contribution in [0.4, 0.5) is 0 Å². The van der Waals surface area contributed by atoms with Crippen molar-refractivity contribution in [2.45, 2.75) is 16.7 Å². The zero-order valence-corrected chi connectivity index (χ0v) is 11.9. The van der Waals surface area contributed by atoms with Gasteiger partial charge in [0.25, 0.3) is 0 Å². The summed E-state index contributed by atoms with van der Waals surface area (Å²) in [4.78, 5) is 0.531. The molecule has 2 aromatic rings. The molecular weight excluding hydrogens is 272 g/mol. The first-order valence-corrected chi connectivity index (χ1v) is 7.55. The molecule has 0 saturated carbocycles. The third-order valence-corrected chi connectivity index (χ3v) is 4.46. The van der Waals surface area contributed by atoms with Crippen LogP contribution in [0.15, 0.2) is 64.4 Å². The van der Waals surface area contributed by atoms with E-state index in [0.29, 0.717) is 12.4 Å². The van der Waals surface area contributed by atoms with Gasteiger partial charge in [0.2, 0.25) is 9.84 Å². The van der Waals surface area contributed by atoms with Crippen molar-refractivity contribution in [1.29, 1.82) is 0 Å². The second-order valence-electron chi connectivity index (χ2n) is 4.00. The lowest BCUT2D eigenvalue weighted by Gasteiger charge is -2.06. The van der Waals surface area contributed by atoms with Crippen LogP contribution in [0.25, 0.3) is 0 Å². The van der Waals surface area contributed by atoms with Crippen LogP contribution in [0.5, 0.6) is 5.75 Å². The Hall–Kier alpha value is -2.25. The lowest BCUT2D eigenvalue weighted by atomic mass is 10.3. The van der Waals surface area contributed by atoms with E-state index < -0.39 is 9.84 Å². The minimum absolute atomic E-state index is 0.248. The molecule has 0 N–H and O–H groups in total. The molecule has 0 aliphatic heterocycles. The monoisotopic (exact) mass is 286 g/mol. The van der Waals surface area contributed by atoms with Crippen LogP contribution in [0.2, 0.25) is 0 Å². The molecule has 0 saturated heterocycles. The van der Waals surface area contributed by atoms with E-state index in [1.807, 2.05) is 0 Å². The average molecular weight is 286 g/mol. The zero-order valence-electron chi connectivity index (χ0n) is 11.0. The van der Waals surface area contributed by atoms with Gasteiger partial charge >= 0.3 is 0 Å². The summed E-state index contributed by atoms with van der Waals surface area (Å²) in [5.74, 6) is 6.10. The summed E-state index contributed by atoms with van der Waals surface area (Å²) < 4.78 is 30.0. The largest absolute Gasteiger partial charge is 0.481 e. The molecule has 0 radical (unpaired) electrons.